The number of carbonyl (C=O) groups excluding carboxylic acids is 2. The number of hydrogen-bond acceptors (Lipinski definition) is 6. The number of carbonyl (C=O) groups is 2. The lowest BCUT2D eigenvalue weighted by Crippen LogP contribution is -2.37. The largest absolute Gasteiger partial charge is 0.486 e. The van der Waals surface area contributed by atoms with Crippen LogP contribution in [-0.2, 0) is 11.3 Å². The van der Waals surface area contributed by atoms with E-state index in [1.54, 1.807) is 29.8 Å². The Morgan fingerprint density at radius 2 is 2.04 bits per heavy atom. The lowest BCUT2D eigenvalue weighted by molar-refractivity contribution is -0.120. The number of urea groups is 1. The summed E-state index contributed by atoms with van der Waals surface area (Å²) in [7, 11) is 0. The van der Waals surface area contributed by atoms with Crippen LogP contribution in [0.5, 0.6) is 11.5 Å². The maximum Gasteiger partial charge on any atom is 0.325 e. The van der Waals surface area contributed by atoms with Crippen molar-refractivity contribution < 1.29 is 19.1 Å². The lowest BCUT2D eigenvalue weighted by Gasteiger charge is -2.19. The molecule has 1 aromatic carbocycles. The van der Waals surface area contributed by atoms with Crippen LogP contribution in [0.2, 0.25) is 0 Å². The van der Waals surface area contributed by atoms with Crippen LogP contribution in [-0.4, -0.2) is 29.7 Å². The summed E-state index contributed by atoms with van der Waals surface area (Å²) in [5.74, 6) is 0.667. The second kappa shape index (κ2) is 6.53. The second-order valence-electron chi connectivity index (χ2n) is 4.70. The minimum Gasteiger partial charge on any atom is -0.486 e. The Balaban J connectivity index is 1.58. The van der Waals surface area contributed by atoms with Crippen LogP contribution in [0.3, 0.4) is 0 Å². The van der Waals surface area contributed by atoms with Gasteiger partial charge in [-0.2, -0.15) is 0 Å². The third-order valence-electron chi connectivity index (χ3n) is 3.05. The van der Waals surface area contributed by atoms with Gasteiger partial charge in [-0.05, 0) is 12.1 Å². The molecule has 8 nitrogen and oxygen atoms in total. The highest BCUT2D eigenvalue weighted by Gasteiger charge is 2.14. The minimum atomic E-state index is -0.644. The van der Waals surface area contributed by atoms with E-state index in [-0.39, 0.29) is 11.3 Å². The molecule has 0 fully saturated rings. The molecule has 0 saturated heterocycles. The average molecular weight is 334 g/mol. The van der Waals surface area contributed by atoms with Crippen molar-refractivity contribution in [2.45, 2.75) is 6.54 Å². The maximum atomic E-state index is 11.8. The Morgan fingerprint density at radius 3 is 2.78 bits per heavy atom. The molecule has 0 unspecified atom stereocenters. The van der Waals surface area contributed by atoms with Crippen LogP contribution >= 0.6 is 11.3 Å². The van der Waals surface area contributed by atoms with Gasteiger partial charge < -0.3 is 19.4 Å². The van der Waals surface area contributed by atoms with Crippen LogP contribution < -0.4 is 24.9 Å². The fourth-order valence-corrected chi connectivity index (χ4v) is 2.63. The van der Waals surface area contributed by atoms with Gasteiger partial charge in [-0.15, -0.1) is 11.3 Å². The van der Waals surface area contributed by atoms with Crippen molar-refractivity contribution in [2.75, 3.05) is 18.5 Å². The molecule has 1 aromatic heterocycles. The first-order valence-corrected chi connectivity index (χ1v) is 7.69. The molecule has 0 atom stereocenters. The number of ether oxygens (including phenoxy) is 2. The molecule has 1 aliphatic rings. The van der Waals surface area contributed by atoms with Gasteiger partial charge in [0.2, 0.25) is 5.91 Å². The van der Waals surface area contributed by atoms with E-state index in [1.807, 2.05) is 0 Å². The molecule has 2 aromatic rings. The maximum absolute atomic E-state index is 11.8. The zero-order valence-corrected chi connectivity index (χ0v) is 12.8. The van der Waals surface area contributed by atoms with Gasteiger partial charge in [0.05, 0.1) is 0 Å². The van der Waals surface area contributed by atoms with Crippen molar-refractivity contribution in [3.8, 4) is 11.5 Å². The molecular formula is C14H14N4O4S. The Bertz CT molecular complexity index is 798. The third-order valence-corrected chi connectivity index (χ3v) is 3.76. The highest BCUT2D eigenvalue weighted by atomic mass is 32.1. The van der Waals surface area contributed by atoms with E-state index < -0.39 is 11.9 Å². The molecule has 1 aliphatic heterocycles. The van der Waals surface area contributed by atoms with E-state index in [1.165, 1.54) is 15.9 Å². The zero-order valence-electron chi connectivity index (χ0n) is 12.0. The smallest absolute Gasteiger partial charge is 0.325 e. The first kappa shape index (κ1) is 15.1. The number of nitrogens with one attached hydrogen (secondary N) is 3. The number of nitrogens with zero attached hydrogens (tertiary/aromatic N) is 1. The summed E-state index contributed by atoms with van der Waals surface area (Å²) < 4.78 is 12.3. The molecule has 23 heavy (non-hydrogen) atoms. The predicted molar refractivity (Wildman–Crippen MR) is 82.8 cm³/mol. The molecule has 0 spiro atoms. The molecule has 120 valence electrons. The van der Waals surface area contributed by atoms with Crippen molar-refractivity contribution in [3.05, 3.63) is 34.6 Å². The first-order valence-electron chi connectivity index (χ1n) is 6.81. The van der Waals surface area contributed by atoms with Crippen molar-refractivity contribution in [2.24, 2.45) is 0 Å². The van der Waals surface area contributed by atoms with Gasteiger partial charge in [0, 0.05) is 23.3 Å². The number of benzene rings is 1. The number of thiazole rings is 1. The Labute approximate surface area is 135 Å². The number of anilines is 1. The summed E-state index contributed by atoms with van der Waals surface area (Å²) in [6, 6.07) is 4.34. The van der Waals surface area contributed by atoms with E-state index in [2.05, 4.69) is 10.6 Å². The molecule has 0 aliphatic carbocycles. The lowest BCUT2D eigenvalue weighted by atomic mass is 10.2. The van der Waals surface area contributed by atoms with E-state index >= 15 is 0 Å². The summed E-state index contributed by atoms with van der Waals surface area (Å²) in [6.45, 7) is 0.859. The van der Waals surface area contributed by atoms with E-state index in [0.717, 1.165) is 0 Å². The SMILES string of the molecule is N=c1sccn1CC(=O)NC(=O)Nc1ccc2c(c1)OCCO2. The second-order valence-corrected chi connectivity index (χ2v) is 5.59. The molecule has 9 heteroatoms. The number of amides is 3. The molecular weight excluding hydrogens is 320 g/mol. The van der Waals surface area contributed by atoms with Crippen LogP contribution in [0.4, 0.5) is 10.5 Å². The third kappa shape index (κ3) is 3.69. The van der Waals surface area contributed by atoms with Gasteiger partial charge in [0.15, 0.2) is 16.3 Å². The topological polar surface area (TPSA) is 105 Å². The summed E-state index contributed by atoms with van der Waals surface area (Å²) in [5, 5.41) is 14.0. The number of aromatic nitrogens is 1. The number of imide groups is 1. The monoisotopic (exact) mass is 334 g/mol. The zero-order chi connectivity index (χ0) is 16.2. The van der Waals surface area contributed by atoms with Crippen LogP contribution in [0.15, 0.2) is 29.8 Å². The van der Waals surface area contributed by atoms with Crippen molar-refractivity contribution in [1.29, 1.82) is 5.41 Å². The van der Waals surface area contributed by atoms with Gasteiger partial charge in [-0.25, -0.2) is 4.79 Å². The molecule has 3 rings (SSSR count). The molecule has 0 bridgehead atoms. The number of fused-ring (bicyclic) bond motifs is 1. The number of hydrogen-bond donors (Lipinski definition) is 3. The van der Waals surface area contributed by atoms with E-state index in [4.69, 9.17) is 14.9 Å². The summed E-state index contributed by atoms with van der Waals surface area (Å²) in [4.78, 5) is 23.9. The molecule has 3 amide bonds. The highest BCUT2D eigenvalue weighted by molar-refractivity contribution is 7.06. The van der Waals surface area contributed by atoms with Gasteiger partial charge >= 0.3 is 6.03 Å². The average Bonchev–Trinajstić information content (AvgIpc) is 2.92. The molecule has 0 radical (unpaired) electrons. The Hall–Kier alpha value is -2.81. The van der Waals surface area contributed by atoms with Crippen molar-refractivity contribution in [3.63, 3.8) is 0 Å². The quantitative estimate of drug-likeness (QED) is 0.783. The summed E-state index contributed by atoms with van der Waals surface area (Å²) >= 11 is 1.20. The van der Waals surface area contributed by atoms with Gasteiger partial charge in [0.1, 0.15) is 19.8 Å². The Morgan fingerprint density at radius 1 is 1.26 bits per heavy atom. The van der Waals surface area contributed by atoms with Crippen LogP contribution in [0, 0.1) is 5.41 Å². The van der Waals surface area contributed by atoms with Gasteiger partial charge in [0.25, 0.3) is 0 Å². The van der Waals surface area contributed by atoms with Gasteiger partial charge in [-0.3, -0.25) is 15.5 Å². The molecule has 0 saturated carbocycles. The highest BCUT2D eigenvalue weighted by Crippen LogP contribution is 2.32. The molecule has 2 heterocycles. The minimum absolute atomic E-state index is 0.0864. The van der Waals surface area contributed by atoms with Gasteiger partial charge in [-0.1, -0.05) is 0 Å². The standard InChI is InChI=1S/C14H14N4O4S/c15-13-18(3-6-23-13)8-12(19)17-14(20)16-9-1-2-10-11(7-9)22-5-4-21-10/h1-3,6-7,15H,4-5,8H2,(H2,16,17,19,20). The summed E-state index contributed by atoms with van der Waals surface area (Å²) in [6.07, 6.45) is 1.62. The van der Waals surface area contributed by atoms with Crippen LogP contribution in [0.25, 0.3) is 0 Å². The van der Waals surface area contributed by atoms with E-state index in [0.29, 0.717) is 30.4 Å². The fraction of sp³-hybridized carbons (Fsp3) is 0.214. The van der Waals surface area contributed by atoms with E-state index in [9.17, 15) is 9.59 Å². The fourth-order valence-electron chi connectivity index (χ4n) is 2.03. The van der Waals surface area contributed by atoms with Crippen LogP contribution in [0.1, 0.15) is 0 Å². The predicted octanol–water partition coefficient (Wildman–Crippen LogP) is 1.15. The first-order chi connectivity index (χ1) is 11.1. The van der Waals surface area contributed by atoms with Crippen molar-refractivity contribution >= 4 is 29.0 Å². The molecule has 3 N–H and O–H groups in total. The summed E-state index contributed by atoms with van der Waals surface area (Å²) in [5.41, 5.74) is 0.490. The Kier molecular flexibility index (Phi) is 4.29. The normalized spacial score (nSPS) is 12.5. The number of rotatable bonds is 3. The van der Waals surface area contributed by atoms with Crippen molar-refractivity contribution in [1.82, 2.24) is 9.88 Å².